The van der Waals surface area contributed by atoms with Gasteiger partial charge < -0.3 is 0 Å². The van der Waals surface area contributed by atoms with Gasteiger partial charge in [0.05, 0.1) is 0 Å². The summed E-state index contributed by atoms with van der Waals surface area (Å²) in [6.45, 7) is 11.9. The highest BCUT2D eigenvalue weighted by Gasteiger charge is 2.60. The van der Waals surface area contributed by atoms with Gasteiger partial charge in [0.15, 0.2) is 0 Å². The van der Waals surface area contributed by atoms with Gasteiger partial charge in [0.1, 0.15) is 0 Å². The van der Waals surface area contributed by atoms with Gasteiger partial charge in [-0.2, -0.15) is 0 Å². The molecule has 0 amide bonds. The Bertz CT molecular complexity index is 286. The maximum absolute atomic E-state index is 2.50. The monoisotopic (exact) mass is 220 g/mol. The Balaban J connectivity index is 1.61. The normalized spacial score (nSPS) is 35.1. The van der Waals surface area contributed by atoms with Crippen LogP contribution < -0.4 is 0 Å². The molecule has 1 spiro atoms. The molecule has 0 radical (unpaired) electrons. The van der Waals surface area contributed by atoms with Gasteiger partial charge in [-0.3, -0.25) is 0 Å². The number of hydrogen-bond donors (Lipinski definition) is 0. The highest BCUT2D eigenvalue weighted by atomic mass is 14.6. The second-order valence-electron chi connectivity index (χ2n) is 6.91. The van der Waals surface area contributed by atoms with E-state index in [1.807, 2.05) is 0 Å². The van der Waals surface area contributed by atoms with E-state index in [0.29, 0.717) is 5.41 Å². The molecule has 0 heterocycles. The topological polar surface area (TPSA) is 0 Å². The van der Waals surface area contributed by atoms with E-state index in [2.05, 4.69) is 40.7 Å². The molecule has 4 unspecified atom stereocenters. The first kappa shape index (κ1) is 12.2. The van der Waals surface area contributed by atoms with Crippen molar-refractivity contribution in [2.45, 2.75) is 60.3 Å². The molecule has 0 N–H and O–H groups in total. The SMILES string of the molecule is CC1=CC12CC2CC(C)CCC(C)C(C)C. The third-order valence-electron chi connectivity index (χ3n) is 5.22. The molecular weight excluding hydrogens is 192 g/mol. The van der Waals surface area contributed by atoms with E-state index in [0.717, 1.165) is 23.7 Å². The molecule has 0 nitrogen and oxygen atoms in total. The largest absolute Gasteiger partial charge is 0.0742 e. The van der Waals surface area contributed by atoms with Crippen molar-refractivity contribution < 1.29 is 0 Å². The van der Waals surface area contributed by atoms with Crippen molar-refractivity contribution in [3.8, 4) is 0 Å². The minimum absolute atomic E-state index is 0.678. The van der Waals surface area contributed by atoms with Crippen LogP contribution in [0.15, 0.2) is 11.6 Å². The van der Waals surface area contributed by atoms with Crippen molar-refractivity contribution in [3.05, 3.63) is 11.6 Å². The summed E-state index contributed by atoms with van der Waals surface area (Å²) < 4.78 is 0. The fraction of sp³-hybridized carbons (Fsp3) is 0.875. The molecule has 0 aliphatic heterocycles. The first-order chi connectivity index (χ1) is 7.45. The van der Waals surface area contributed by atoms with Gasteiger partial charge in [-0.15, -0.1) is 0 Å². The highest BCUT2D eigenvalue weighted by molar-refractivity contribution is 5.46. The standard InChI is InChI=1S/C16H28/c1-11(2)13(4)7-6-12(3)8-15-10-16(15)9-14(16)5/h9,11-13,15H,6-8,10H2,1-5H3. The lowest BCUT2D eigenvalue weighted by molar-refractivity contribution is 0.335. The highest BCUT2D eigenvalue weighted by Crippen LogP contribution is 2.70. The average molecular weight is 220 g/mol. The van der Waals surface area contributed by atoms with E-state index in [-0.39, 0.29) is 0 Å². The van der Waals surface area contributed by atoms with Crippen LogP contribution >= 0.6 is 0 Å². The molecule has 0 aromatic rings. The predicted molar refractivity (Wildman–Crippen MR) is 71.3 cm³/mol. The molecule has 0 saturated heterocycles. The zero-order chi connectivity index (χ0) is 11.9. The van der Waals surface area contributed by atoms with Gasteiger partial charge in [-0.05, 0) is 43.4 Å². The van der Waals surface area contributed by atoms with E-state index < -0.39 is 0 Å². The Morgan fingerprint density at radius 3 is 2.31 bits per heavy atom. The lowest BCUT2D eigenvalue weighted by Crippen LogP contribution is -2.07. The second kappa shape index (κ2) is 4.20. The average Bonchev–Trinajstić information content (AvgIpc) is 3.04. The van der Waals surface area contributed by atoms with Gasteiger partial charge in [0.25, 0.3) is 0 Å². The Morgan fingerprint density at radius 2 is 1.88 bits per heavy atom. The summed E-state index contributed by atoms with van der Waals surface area (Å²) in [5.41, 5.74) is 2.36. The Labute approximate surface area is 102 Å². The molecule has 1 fully saturated rings. The smallest absolute Gasteiger partial charge is 0.0123 e. The summed E-state index contributed by atoms with van der Waals surface area (Å²) >= 11 is 0. The molecule has 2 aliphatic rings. The Hall–Kier alpha value is -0.260. The zero-order valence-corrected chi connectivity index (χ0v) is 11.7. The fourth-order valence-electron chi connectivity index (χ4n) is 3.14. The number of allylic oxidation sites excluding steroid dienone is 2. The molecule has 0 aromatic heterocycles. The van der Waals surface area contributed by atoms with Crippen LogP contribution in [0.1, 0.15) is 60.3 Å². The van der Waals surface area contributed by atoms with Gasteiger partial charge in [-0.25, -0.2) is 0 Å². The number of hydrogen-bond acceptors (Lipinski definition) is 0. The molecule has 0 aromatic carbocycles. The van der Waals surface area contributed by atoms with E-state index >= 15 is 0 Å². The molecule has 16 heavy (non-hydrogen) atoms. The van der Waals surface area contributed by atoms with Crippen molar-refractivity contribution in [2.24, 2.45) is 29.1 Å². The maximum Gasteiger partial charge on any atom is 0.0123 e. The third-order valence-corrected chi connectivity index (χ3v) is 5.22. The van der Waals surface area contributed by atoms with E-state index in [1.54, 1.807) is 5.57 Å². The second-order valence-corrected chi connectivity index (χ2v) is 6.91. The summed E-state index contributed by atoms with van der Waals surface area (Å²) in [5, 5.41) is 0. The summed E-state index contributed by atoms with van der Waals surface area (Å²) in [6.07, 6.45) is 8.30. The van der Waals surface area contributed by atoms with E-state index in [4.69, 9.17) is 0 Å². The van der Waals surface area contributed by atoms with Crippen LogP contribution in [-0.4, -0.2) is 0 Å². The van der Waals surface area contributed by atoms with E-state index in [1.165, 1.54) is 25.7 Å². The minimum atomic E-state index is 0.678. The van der Waals surface area contributed by atoms with Crippen molar-refractivity contribution in [2.75, 3.05) is 0 Å². The molecular formula is C16H28. The quantitative estimate of drug-likeness (QED) is 0.549. The van der Waals surface area contributed by atoms with Crippen LogP contribution in [0.5, 0.6) is 0 Å². The first-order valence-corrected chi connectivity index (χ1v) is 7.15. The zero-order valence-electron chi connectivity index (χ0n) is 11.7. The van der Waals surface area contributed by atoms with Crippen molar-refractivity contribution in [1.82, 2.24) is 0 Å². The van der Waals surface area contributed by atoms with Crippen LogP contribution in [0.25, 0.3) is 0 Å². The van der Waals surface area contributed by atoms with Gasteiger partial charge >= 0.3 is 0 Å². The van der Waals surface area contributed by atoms with Gasteiger partial charge in [0, 0.05) is 5.41 Å². The number of rotatable bonds is 6. The first-order valence-electron chi connectivity index (χ1n) is 7.15. The molecule has 2 aliphatic carbocycles. The van der Waals surface area contributed by atoms with Crippen LogP contribution in [0.4, 0.5) is 0 Å². The van der Waals surface area contributed by atoms with Crippen molar-refractivity contribution in [1.29, 1.82) is 0 Å². The predicted octanol–water partition coefficient (Wildman–Crippen LogP) is 5.05. The maximum atomic E-state index is 2.50. The van der Waals surface area contributed by atoms with Crippen molar-refractivity contribution >= 4 is 0 Å². The summed E-state index contributed by atoms with van der Waals surface area (Å²) in [5.74, 6) is 3.72. The van der Waals surface area contributed by atoms with Crippen LogP contribution in [0.2, 0.25) is 0 Å². The molecule has 4 atom stereocenters. The summed E-state index contributed by atoms with van der Waals surface area (Å²) in [7, 11) is 0. The molecule has 92 valence electrons. The Kier molecular flexibility index (Phi) is 3.20. The van der Waals surface area contributed by atoms with Crippen LogP contribution in [0, 0.1) is 29.1 Å². The fourth-order valence-corrected chi connectivity index (χ4v) is 3.14. The molecule has 0 bridgehead atoms. The molecule has 1 saturated carbocycles. The third kappa shape index (κ3) is 2.36. The lowest BCUT2D eigenvalue weighted by atomic mass is 9.88. The van der Waals surface area contributed by atoms with Gasteiger partial charge in [0.2, 0.25) is 0 Å². The van der Waals surface area contributed by atoms with Gasteiger partial charge in [-0.1, -0.05) is 52.2 Å². The Morgan fingerprint density at radius 1 is 1.25 bits per heavy atom. The van der Waals surface area contributed by atoms with Crippen molar-refractivity contribution in [3.63, 3.8) is 0 Å². The minimum Gasteiger partial charge on any atom is -0.0742 e. The summed E-state index contributed by atoms with van der Waals surface area (Å²) in [4.78, 5) is 0. The molecule has 2 rings (SSSR count). The molecule has 0 heteroatoms. The van der Waals surface area contributed by atoms with E-state index in [9.17, 15) is 0 Å². The van der Waals surface area contributed by atoms with Crippen LogP contribution in [0.3, 0.4) is 0 Å². The van der Waals surface area contributed by atoms with Crippen LogP contribution in [-0.2, 0) is 0 Å². The lowest BCUT2D eigenvalue weighted by Gasteiger charge is -2.18. The summed E-state index contributed by atoms with van der Waals surface area (Å²) in [6, 6.07) is 0.